The van der Waals surface area contributed by atoms with Gasteiger partial charge in [-0.2, -0.15) is 0 Å². The molecule has 0 aliphatic carbocycles. The second-order valence-corrected chi connectivity index (χ2v) is 4.38. The van der Waals surface area contributed by atoms with Gasteiger partial charge in [0, 0.05) is 6.08 Å². The predicted octanol–water partition coefficient (Wildman–Crippen LogP) is 2.38. The maximum Gasteiger partial charge on any atom is 0.326 e. The van der Waals surface area contributed by atoms with E-state index in [2.05, 4.69) is 5.32 Å². The fourth-order valence-electron chi connectivity index (χ4n) is 1.71. The van der Waals surface area contributed by atoms with E-state index in [0.717, 1.165) is 11.1 Å². The first kappa shape index (κ1) is 15.0. The molecule has 0 aliphatic rings. The van der Waals surface area contributed by atoms with Gasteiger partial charge in [-0.15, -0.1) is 0 Å². The first-order valence-corrected chi connectivity index (χ1v) is 6.31. The fraction of sp³-hybridized carbons (Fsp3) is 0.333. The number of carboxylic acids is 1. The van der Waals surface area contributed by atoms with Crippen molar-refractivity contribution in [1.82, 2.24) is 5.32 Å². The molecule has 0 saturated carbocycles. The van der Waals surface area contributed by atoms with E-state index in [1.165, 1.54) is 6.08 Å². The van der Waals surface area contributed by atoms with Crippen LogP contribution in [0.2, 0.25) is 0 Å². The van der Waals surface area contributed by atoms with Crippen molar-refractivity contribution >= 4 is 18.0 Å². The quantitative estimate of drug-likeness (QED) is 0.773. The first-order chi connectivity index (χ1) is 9.04. The number of aliphatic carboxylic acids is 1. The summed E-state index contributed by atoms with van der Waals surface area (Å²) in [5.74, 6) is -1.39. The molecule has 0 fully saturated rings. The summed E-state index contributed by atoms with van der Waals surface area (Å²) in [4.78, 5) is 22.6. The first-order valence-electron chi connectivity index (χ1n) is 6.31. The fourth-order valence-corrected chi connectivity index (χ4v) is 1.71. The Balaban J connectivity index is 2.64. The van der Waals surface area contributed by atoms with Crippen LogP contribution in [0.3, 0.4) is 0 Å². The highest BCUT2D eigenvalue weighted by Crippen LogP contribution is 2.08. The number of hydrogen-bond donors (Lipinski definition) is 2. The van der Waals surface area contributed by atoms with Gasteiger partial charge in [0.25, 0.3) is 0 Å². The van der Waals surface area contributed by atoms with Gasteiger partial charge in [0.15, 0.2) is 0 Å². The van der Waals surface area contributed by atoms with Crippen LogP contribution in [-0.4, -0.2) is 23.0 Å². The largest absolute Gasteiger partial charge is 0.480 e. The second-order valence-electron chi connectivity index (χ2n) is 4.38. The van der Waals surface area contributed by atoms with Crippen LogP contribution < -0.4 is 5.32 Å². The van der Waals surface area contributed by atoms with Gasteiger partial charge in [-0.25, -0.2) is 4.79 Å². The molecule has 0 heterocycles. The highest BCUT2D eigenvalue weighted by atomic mass is 16.4. The molecule has 1 amide bonds. The Hall–Kier alpha value is -2.10. The molecule has 2 N–H and O–H groups in total. The van der Waals surface area contributed by atoms with Crippen LogP contribution in [0.15, 0.2) is 30.3 Å². The third kappa shape index (κ3) is 4.95. The van der Waals surface area contributed by atoms with E-state index in [4.69, 9.17) is 5.11 Å². The minimum Gasteiger partial charge on any atom is -0.480 e. The summed E-state index contributed by atoms with van der Waals surface area (Å²) in [5, 5.41) is 11.4. The van der Waals surface area contributed by atoms with E-state index in [1.807, 2.05) is 38.1 Å². The number of amides is 1. The lowest BCUT2D eigenvalue weighted by Gasteiger charge is -2.11. The molecule has 4 heteroatoms. The van der Waals surface area contributed by atoms with Gasteiger partial charge < -0.3 is 10.4 Å². The summed E-state index contributed by atoms with van der Waals surface area (Å²) in [6.45, 7) is 3.83. The lowest BCUT2D eigenvalue weighted by molar-refractivity contribution is -0.141. The van der Waals surface area contributed by atoms with Crippen LogP contribution in [0.1, 0.15) is 30.9 Å². The molecule has 0 bridgehead atoms. The molecule has 0 unspecified atom stereocenters. The Morgan fingerprint density at radius 1 is 1.37 bits per heavy atom. The highest BCUT2D eigenvalue weighted by molar-refractivity contribution is 5.94. The Bertz CT molecular complexity index is 480. The monoisotopic (exact) mass is 261 g/mol. The summed E-state index contributed by atoms with van der Waals surface area (Å²) >= 11 is 0. The van der Waals surface area contributed by atoms with E-state index in [9.17, 15) is 9.59 Å². The van der Waals surface area contributed by atoms with Crippen LogP contribution in [0.4, 0.5) is 0 Å². The van der Waals surface area contributed by atoms with Crippen molar-refractivity contribution in [1.29, 1.82) is 0 Å². The smallest absolute Gasteiger partial charge is 0.326 e. The van der Waals surface area contributed by atoms with Crippen molar-refractivity contribution < 1.29 is 14.7 Å². The van der Waals surface area contributed by atoms with Crippen molar-refractivity contribution in [3.8, 4) is 0 Å². The van der Waals surface area contributed by atoms with Gasteiger partial charge in [0.1, 0.15) is 6.04 Å². The summed E-state index contributed by atoms with van der Waals surface area (Å²) < 4.78 is 0. The number of carbonyl (C=O) groups excluding carboxylic acids is 1. The van der Waals surface area contributed by atoms with Gasteiger partial charge in [0.05, 0.1) is 0 Å². The van der Waals surface area contributed by atoms with E-state index in [0.29, 0.717) is 12.8 Å². The molecule has 0 aromatic heterocycles. The molecular weight excluding hydrogens is 242 g/mol. The summed E-state index contributed by atoms with van der Waals surface area (Å²) in [7, 11) is 0. The van der Waals surface area contributed by atoms with Gasteiger partial charge in [-0.05, 0) is 30.5 Å². The number of aryl methyl sites for hydroxylation is 1. The van der Waals surface area contributed by atoms with Crippen LogP contribution in [0, 0.1) is 6.92 Å². The Kier molecular flexibility index (Phi) is 5.79. The average molecular weight is 261 g/mol. The van der Waals surface area contributed by atoms with E-state index in [1.54, 1.807) is 6.08 Å². The number of hydrogen-bond acceptors (Lipinski definition) is 2. The number of benzene rings is 1. The van der Waals surface area contributed by atoms with Crippen molar-refractivity contribution in [2.24, 2.45) is 0 Å². The normalized spacial score (nSPS) is 12.3. The molecule has 0 spiro atoms. The second kappa shape index (κ2) is 7.36. The highest BCUT2D eigenvalue weighted by Gasteiger charge is 2.17. The standard InChI is InChI=1S/C15H19NO3/c1-3-6-13(15(18)19)16-14(17)10-9-12-8-5-4-7-11(12)2/h4-5,7-10,13H,3,6H2,1-2H3,(H,16,17)(H,18,19)/b10-9+/t13-/m0/s1. The van der Waals surface area contributed by atoms with Crippen LogP contribution in [0.25, 0.3) is 6.08 Å². The molecule has 0 saturated heterocycles. The molecule has 0 radical (unpaired) electrons. The molecule has 1 atom stereocenters. The zero-order valence-electron chi connectivity index (χ0n) is 11.2. The molecule has 19 heavy (non-hydrogen) atoms. The van der Waals surface area contributed by atoms with E-state index in [-0.39, 0.29) is 5.91 Å². The number of carboxylic acid groups (broad SMARTS) is 1. The molecule has 4 nitrogen and oxygen atoms in total. The maximum absolute atomic E-state index is 11.7. The number of rotatable bonds is 6. The number of carbonyl (C=O) groups is 2. The molecule has 1 aromatic carbocycles. The van der Waals surface area contributed by atoms with Crippen molar-refractivity contribution in [2.45, 2.75) is 32.7 Å². The minimum absolute atomic E-state index is 0.385. The molecule has 102 valence electrons. The summed E-state index contributed by atoms with van der Waals surface area (Å²) in [5.41, 5.74) is 2.01. The topological polar surface area (TPSA) is 66.4 Å². The van der Waals surface area contributed by atoms with E-state index >= 15 is 0 Å². The van der Waals surface area contributed by atoms with Gasteiger partial charge >= 0.3 is 5.97 Å². The minimum atomic E-state index is -1.00. The third-order valence-corrected chi connectivity index (χ3v) is 2.79. The SMILES string of the molecule is CCC[C@H](NC(=O)/C=C/c1ccccc1C)C(=O)O. The van der Waals surface area contributed by atoms with Crippen LogP contribution in [-0.2, 0) is 9.59 Å². The Morgan fingerprint density at radius 2 is 2.05 bits per heavy atom. The van der Waals surface area contributed by atoms with Gasteiger partial charge in [-0.1, -0.05) is 37.6 Å². The Morgan fingerprint density at radius 3 is 2.63 bits per heavy atom. The average Bonchev–Trinajstić information content (AvgIpc) is 2.37. The van der Waals surface area contributed by atoms with Crippen LogP contribution in [0.5, 0.6) is 0 Å². The number of nitrogens with one attached hydrogen (secondary N) is 1. The zero-order valence-corrected chi connectivity index (χ0v) is 11.2. The molecule has 0 aliphatic heterocycles. The lowest BCUT2D eigenvalue weighted by atomic mass is 10.1. The van der Waals surface area contributed by atoms with E-state index < -0.39 is 12.0 Å². The summed E-state index contributed by atoms with van der Waals surface area (Å²) in [6, 6.07) is 6.85. The molecular formula is C15H19NO3. The van der Waals surface area contributed by atoms with Crippen molar-refractivity contribution in [2.75, 3.05) is 0 Å². The van der Waals surface area contributed by atoms with Gasteiger partial charge in [-0.3, -0.25) is 4.79 Å². The summed E-state index contributed by atoms with van der Waals surface area (Å²) in [6.07, 6.45) is 4.20. The van der Waals surface area contributed by atoms with Crippen molar-refractivity contribution in [3.63, 3.8) is 0 Å². The van der Waals surface area contributed by atoms with Crippen LogP contribution >= 0.6 is 0 Å². The molecule has 1 rings (SSSR count). The lowest BCUT2D eigenvalue weighted by Crippen LogP contribution is -2.39. The van der Waals surface area contributed by atoms with Crippen molar-refractivity contribution in [3.05, 3.63) is 41.5 Å². The Labute approximate surface area is 113 Å². The molecule has 1 aromatic rings. The predicted molar refractivity (Wildman–Crippen MR) is 74.7 cm³/mol. The third-order valence-electron chi connectivity index (χ3n) is 2.79. The maximum atomic E-state index is 11.7. The zero-order chi connectivity index (χ0) is 14.3. The van der Waals surface area contributed by atoms with Gasteiger partial charge in [0.2, 0.25) is 5.91 Å².